The second kappa shape index (κ2) is 7.69. The van der Waals surface area contributed by atoms with Gasteiger partial charge in [0, 0.05) is 6.42 Å². The van der Waals surface area contributed by atoms with E-state index in [9.17, 15) is 14.7 Å². The number of hydrogen-bond donors (Lipinski definition) is 2. The number of benzene rings is 1. The SMILES string of the molecule is COc1ccccc1C(C)CC(=O)NC1(C(=O)O)CCC(C)CC1. The van der Waals surface area contributed by atoms with Crippen molar-refractivity contribution in [3.8, 4) is 5.75 Å². The molecule has 132 valence electrons. The molecule has 2 rings (SSSR count). The Hall–Kier alpha value is -2.04. The van der Waals surface area contributed by atoms with E-state index in [-0.39, 0.29) is 18.2 Å². The van der Waals surface area contributed by atoms with Crippen LogP contribution in [0.3, 0.4) is 0 Å². The van der Waals surface area contributed by atoms with Crippen LogP contribution in [-0.2, 0) is 9.59 Å². The van der Waals surface area contributed by atoms with E-state index < -0.39 is 11.5 Å². The van der Waals surface area contributed by atoms with Crippen molar-refractivity contribution in [2.24, 2.45) is 5.92 Å². The third-order valence-electron chi connectivity index (χ3n) is 5.08. The van der Waals surface area contributed by atoms with Gasteiger partial charge in [-0.3, -0.25) is 4.79 Å². The van der Waals surface area contributed by atoms with E-state index in [1.807, 2.05) is 31.2 Å². The van der Waals surface area contributed by atoms with Crippen LogP contribution in [0.25, 0.3) is 0 Å². The number of carboxylic acids is 1. The maximum Gasteiger partial charge on any atom is 0.329 e. The van der Waals surface area contributed by atoms with E-state index in [0.717, 1.165) is 24.2 Å². The Morgan fingerprint density at radius 1 is 1.33 bits per heavy atom. The van der Waals surface area contributed by atoms with Gasteiger partial charge in [0.15, 0.2) is 0 Å². The molecule has 1 amide bonds. The monoisotopic (exact) mass is 333 g/mol. The highest BCUT2D eigenvalue weighted by Crippen LogP contribution is 2.33. The quantitative estimate of drug-likeness (QED) is 0.837. The molecule has 1 aromatic rings. The average molecular weight is 333 g/mol. The minimum atomic E-state index is -1.11. The van der Waals surface area contributed by atoms with E-state index in [1.54, 1.807) is 7.11 Å². The van der Waals surface area contributed by atoms with Gasteiger partial charge in [0.2, 0.25) is 5.91 Å². The minimum absolute atomic E-state index is 0.0468. The third-order valence-corrected chi connectivity index (χ3v) is 5.08. The van der Waals surface area contributed by atoms with Crippen molar-refractivity contribution < 1.29 is 19.4 Å². The summed E-state index contributed by atoms with van der Waals surface area (Å²) in [6.45, 7) is 4.07. The van der Waals surface area contributed by atoms with Gasteiger partial charge in [0.05, 0.1) is 7.11 Å². The van der Waals surface area contributed by atoms with Crippen LogP contribution in [0.5, 0.6) is 5.75 Å². The zero-order valence-corrected chi connectivity index (χ0v) is 14.7. The highest BCUT2D eigenvalue weighted by Gasteiger charge is 2.42. The fourth-order valence-corrected chi connectivity index (χ4v) is 3.43. The highest BCUT2D eigenvalue weighted by molar-refractivity contribution is 5.87. The van der Waals surface area contributed by atoms with E-state index >= 15 is 0 Å². The van der Waals surface area contributed by atoms with Gasteiger partial charge in [0.25, 0.3) is 0 Å². The standard InChI is InChI=1S/C19H27NO4/c1-13-8-10-19(11-9-13,18(22)23)20-17(21)12-14(2)15-6-4-5-7-16(15)24-3/h4-7,13-14H,8-12H2,1-3H3,(H,20,21)(H,22,23). The fourth-order valence-electron chi connectivity index (χ4n) is 3.43. The van der Waals surface area contributed by atoms with Gasteiger partial charge in [0.1, 0.15) is 11.3 Å². The molecule has 0 aromatic heterocycles. The lowest BCUT2D eigenvalue weighted by molar-refractivity contribution is -0.149. The van der Waals surface area contributed by atoms with Gasteiger partial charge in [-0.1, -0.05) is 32.0 Å². The van der Waals surface area contributed by atoms with E-state index in [2.05, 4.69) is 12.2 Å². The Morgan fingerprint density at radius 2 is 1.96 bits per heavy atom. The molecule has 1 atom stereocenters. The van der Waals surface area contributed by atoms with Crippen LogP contribution < -0.4 is 10.1 Å². The summed E-state index contributed by atoms with van der Waals surface area (Å²) in [5.74, 6) is 0.0756. The van der Waals surface area contributed by atoms with Gasteiger partial charge >= 0.3 is 5.97 Å². The summed E-state index contributed by atoms with van der Waals surface area (Å²) in [4.78, 5) is 24.2. The normalized spacial score (nSPS) is 24.9. The van der Waals surface area contributed by atoms with E-state index in [1.165, 1.54) is 0 Å². The van der Waals surface area contributed by atoms with Crippen LogP contribution in [0.4, 0.5) is 0 Å². The van der Waals surface area contributed by atoms with Crippen LogP contribution in [-0.4, -0.2) is 29.6 Å². The van der Waals surface area contributed by atoms with Crippen molar-refractivity contribution in [1.29, 1.82) is 0 Å². The molecular formula is C19H27NO4. The molecule has 1 aliphatic carbocycles. The number of amides is 1. The number of hydrogen-bond acceptors (Lipinski definition) is 3. The number of nitrogens with one attached hydrogen (secondary N) is 1. The number of carbonyl (C=O) groups excluding carboxylic acids is 1. The molecule has 0 radical (unpaired) electrons. The van der Waals surface area contributed by atoms with Crippen molar-refractivity contribution in [2.45, 2.75) is 57.4 Å². The lowest BCUT2D eigenvalue weighted by Crippen LogP contribution is -2.56. The van der Waals surface area contributed by atoms with Gasteiger partial charge < -0.3 is 15.2 Å². The van der Waals surface area contributed by atoms with Gasteiger partial charge in [-0.15, -0.1) is 0 Å². The summed E-state index contributed by atoms with van der Waals surface area (Å²) in [5, 5.41) is 12.4. The van der Waals surface area contributed by atoms with Crippen molar-refractivity contribution in [3.63, 3.8) is 0 Å². The topological polar surface area (TPSA) is 75.6 Å². The molecule has 24 heavy (non-hydrogen) atoms. The maximum absolute atomic E-state index is 12.5. The van der Waals surface area contributed by atoms with Crippen LogP contribution in [0.2, 0.25) is 0 Å². The molecule has 1 fully saturated rings. The molecule has 0 saturated heterocycles. The van der Waals surface area contributed by atoms with E-state index in [4.69, 9.17) is 4.74 Å². The molecule has 0 spiro atoms. The molecule has 1 aromatic carbocycles. The van der Waals surface area contributed by atoms with Crippen molar-refractivity contribution in [2.75, 3.05) is 7.11 Å². The second-order valence-corrected chi connectivity index (χ2v) is 6.97. The number of ether oxygens (including phenoxy) is 1. The Kier molecular flexibility index (Phi) is 5.86. The number of para-hydroxylation sites is 1. The molecule has 2 N–H and O–H groups in total. The number of rotatable bonds is 6. The van der Waals surface area contributed by atoms with Gasteiger partial charge in [-0.05, 0) is 49.1 Å². The summed E-state index contributed by atoms with van der Waals surface area (Å²) in [7, 11) is 1.61. The maximum atomic E-state index is 12.5. The third kappa shape index (κ3) is 4.08. The molecule has 5 nitrogen and oxygen atoms in total. The van der Waals surface area contributed by atoms with Crippen molar-refractivity contribution >= 4 is 11.9 Å². The molecule has 5 heteroatoms. The predicted octanol–water partition coefficient (Wildman–Crippen LogP) is 3.34. The van der Waals surface area contributed by atoms with Gasteiger partial charge in [-0.25, -0.2) is 4.79 Å². The number of aliphatic carboxylic acids is 1. The van der Waals surface area contributed by atoms with Crippen LogP contribution in [0.1, 0.15) is 57.4 Å². The van der Waals surface area contributed by atoms with Gasteiger partial charge in [-0.2, -0.15) is 0 Å². The smallest absolute Gasteiger partial charge is 0.329 e. The first-order valence-corrected chi connectivity index (χ1v) is 8.55. The number of carbonyl (C=O) groups is 2. The largest absolute Gasteiger partial charge is 0.496 e. The molecule has 1 saturated carbocycles. The van der Waals surface area contributed by atoms with E-state index in [0.29, 0.717) is 18.8 Å². The van der Waals surface area contributed by atoms with Crippen LogP contribution in [0.15, 0.2) is 24.3 Å². The first-order valence-electron chi connectivity index (χ1n) is 8.55. The summed E-state index contributed by atoms with van der Waals surface area (Å²) in [5.41, 5.74) is -0.152. The fraction of sp³-hybridized carbons (Fsp3) is 0.579. The zero-order valence-electron chi connectivity index (χ0n) is 14.7. The molecule has 1 aliphatic rings. The Labute approximate surface area is 143 Å². The molecule has 0 aliphatic heterocycles. The Balaban J connectivity index is 2.04. The Morgan fingerprint density at radius 3 is 2.54 bits per heavy atom. The lowest BCUT2D eigenvalue weighted by Gasteiger charge is -2.36. The Bertz CT molecular complexity index is 591. The molecule has 0 heterocycles. The lowest BCUT2D eigenvalue weighted by atomic mass is 9.77. The molecule has 0 bridgehead atoms. The van der Waals surface area contributed by atoms with Crippen molar-refractivity contribution in [1.82, 2.24) is 5.32 Å². The predicted molar refractivity (Wildman–Crippen MR) is 92.2 cm³/mol. The number of methoxy groups -OCH3 is 1. The van der Waals surface area contributed by atoms with Crippen molar-refractivity contribution in [3.05, 3.63) is 29.8 Å². The van der Waals surface area contributed by atoms with Crippen LogP contribution in [0, 0.1) is 5.92 Å². The highest BCUT2D eigenvalue weighted by atomic mass is 16.5. The first kappa shape index (κ1) is 18.3. The summed E-state index contributed by atoms with van der Waals surface area (Å²) >= 11 is 0. The molecular weight excluding hydrogens is 306 g/mol. The number of carboxylic acid groups (broad SMARTS) is 1. The first-order chi connectivity index (χ1) is 11.4. The van der Waals surface area contributed by atoms with Crippen LogP contribution >= 0.6 is 0 Å². The second-order valence-electron chi connectivity index (χ2n) is 6.97. The molecule has 1 unspecified atom stereocenters. The minimum Gasteiger partial charge on any atom is -0.496 e. The average Bonchev–Trinajstić information content (AvgIpc) is 2.56. The summed E-state index contributed by atoms with van der Waals surface area (Å²) in [6.07, 6.45) is 2.89. The summed E-state index contributed by atoms with van der Waals surface area (Å²) in [6, 6.07) is 7.60. The summed E-state index contributed by atoms with van der Waals surface area (Å²) < 4.78 is 5.34. The zero-order chi connectivity index (χ0) is 17.7.